The van der Waals surface area contributed by atoms with Crippen LogP contribution >= 0.6 is 0 Å². The largest absolute Gasteiger partial charge is 0.350 e. The van der Waals surface area contributed by atoms with Crippen molar-refractivity contribution in [3.05, 3.63) is 41.6 Å². The molecule has 0 saturated carbocycles. The second kappa shape index (κ2) is 4.36. The van der Waals surface area contributed by atoms with Gasteiger partial charge in [-0.15, -0.1) is 0 Å². The number of fused-ring (bicyclic) bond motifs is 1. The first-order valence-corrected chi connectivity index (χ1v) is 5.75. The third kappa shape index (κ3) is 1.94. The molecule has 0 bridgehead atoms. The van der Waals surface area contributed by atoms with E-state index in [4.69, 9.17) is 0 Å². The van der Waals surface area contributed by atoms with Crippen LogP contribution in [0.2, 0.25) is 0 Å². The molecule has 0 aromatic carbocycles. The molecule has 0 aliphatic carbocycles. The third-order valence-electron chi connectivity index (χ3n) is 3.08. The fourth-order valence-corrected chi connectivity index (χ4v) is 2.15. The summed E-state index contributed by atoms with van der Waals surface area (Å²) in [5.41, 5.74) is 1.91. The van der Waals surface area contributed by atoms with E-state index in [1.807, 2.05) is 4.90 Å². The number of aromatic amines is 1. The number of nitrogens with zero attached hydrogens (tertiary/aromatic N) is 3. The van der Waals surface area contributed by atoms with Crippen LogP contribution in [0.4, 0.5) is 14.6 Å². The maximum absolute atomic E-state index is 12.6. The van der Waals surface area contributed by atoms with Gasteiger partial charge in [-0.05, 0) is 12.1 Å². The summed E-state index contributed by atoms with van der Waals surface area (Å²) < 4.78 is 25.2. The number of hydrogen-bond acceptors (Lipinski definition) is 3. The van der Waals surface area contributed by atoms with E-state index in [-0.39, 0.29) is 5.69 Å². The van der Waals surface area contributed by atoms with Crippen molar-refractivity contribution >= 4 is 5.82 Å². The molecule has 0 radical (unpaired) electrons. The zero-order valence-electron chi connectivity index (χ0n) is 9.61. The lowest BCUT2D eigenvalue weighted by molar-refractivity contribution is 0.146. The lowest BCUT2D eigenvalue weighted by Gasteiger charge is -2.27. The number of halogens is 2. The Morgan fingerprint density at radius 1 is 1.33 bits per heavy atom. The van der Waals surface area contributed by atoms with Crippen molar-refractivity contribution in [3.63, 3.8) is 0 Å². The molecule has 0 spiro atoms. The lowest BCUT2D eigenvalue weighted by atomic mass is 10.1. The maximum atomic E-state index is 12.6. The maximum Gasteiger partial charge on any atom is 0.280 e. The second-order valence-corrected chi connectivity index (χ2v) is 4.22. The molecule has 18 heavy (non-hydrogen) atoms. The van der Waals surface area contributed by atoms with Gasteiger partial charge in [-0.3, -0.25) is 0 Å². The van der Waals surface area contributed by atoms with Crippen LogP contribution in [-0.2, 0) is 13.0 Å². The van der Waals surface area contributed by atoms with Crippen LogP contribution in [0.1, 0.15) is 23.5 Å². The Balaban J connectivity index is 1.86. The molecule has 4 nitrogen and oxygen atoms in total. The highest BCUT2D eigenvalue weighted by Gasteiger charge is 2.20. The van der Waals surface area contributed by atoms with Gasteiger partial charge in [0, 0.05) is 13.0 Å². The highest BCUT2D eigenvalue weighted by atomic mass is 19.3. The number of pyridine rings is 1. The monoisotopic (exact) mass is 250 g/mol. The summed E-state index contributed by atoms with van der Waals surface area (Å²) in [6.07, 6.45) is -0.0613. The van der Waals surface area contributed by atoms with Crippen molar-refractivity contribution < 1.29 is 8.78 Å². The molecule has 0 amide bonds. The van der Waals surface area contributed by atoms with Crippen molar-refractivity contribution in [2.75, 3.05) is 11.4 Å². The Hall–Kier alpha value is -1.98. The van der Waals surface area contributed by atoms with E-state index in [2.05, 4.69) is 15.0 Å². The number of alkyl halides is 2. The van der Waals surface area contributed by atoms with Gasteiger partial charge in [0.25, 0.3) is 6.43 Å². The molecular formula is C12H12F2N4. The predicted octanol–water partition coefficient (Wildman–Crippen LogP) is 2.30. The fraction of sp³-hybridized carbons (Fsp3) is 0.333. The van der Waals surface area contributed by atoms with Gasteiger partial charge in [-0.2, -0.15) is 0 Å². The Morgan fingerprint density at radius 3 is 3.06 bits per heavy atom. The summed E-state index contributed by atoms with van der Waals surface area (Å²) >= 11 is 0. The van der Waals surface area contributed by atoms with E-state index in [0.29, 0.717) is 12.4 Å². The van der Waals surface area contributed by atoms with Gasteiger partial charge in [-0.1, -0.05) is 6.07 Å². The van der Waals surface area contributed by atoms with Crippen molar-refractivity contribution in [3.8, 4) is 0 Å². The van der Waals surface area contributed by atoms with Gasteiger partial charge >= 0.3 is 0 Å². The quantitative estimate of drug-likeness (QED) is 0.889. The summed E-state index contributed by atoms with van der Waals surface area (Å²) in [6, 6.07) is 4.72. The number of nitrogens with one attached hydrogen (secondary N) is 1. The summed E-state index contributed by atoms with van der Waals surface area (Å²) in [7, 11) is 0. The van der Waals surface area contributed by atoms with Gasteiger partial charge in [0.1, 0.15) is 11.5 Å². The number of H-pyrrole nitrogens is 1. The second-order valence-electron chi connectivity index (χ2n) is 4.22. The molecule has 2 aromatic rings. The minimum atomic E-state index is -2.53. The highest BCUT2D eigenvalue weighted by Crippen LogP contribution is 2.23. The SMILES string of the molecule is FC(F)c1cccc(N2CCc3nc[nH]c3C2)n1. The Kier molecular flexibility index (Phi) is 2.70. The van der Waals surface area contributed by atoms with Crippen LogP contribution in [0.25, 0.3) is 0 Å². The van der Waals surface area contributed by atoms with Crippen molar-refractivity contribution in [2.24, 2.45) is 0 Å². The smallest absolute Gasteiger partial charge is 0.280 e. The summed E-state index contributed by atoms with van der Waals surface area (Å²) in [5.74, 6) is 0.591. The predicted molar refractivity (Wildman–Crippen MR) is 62.5 cm³/mol. The first-order chi connectivity index (χ1) is 8.74. The van der Waals surface area contributed by atoms with Crippen LogP contribution in [0.5, 0.6) is 0 Å². The molecule has 3 heterocycles. The molecule has 1 aliphatic rings. The number of anilines is 1. The van der Waals surface area contributed by atoms with Gasteiger partial charge in [0.2, 0.25) is 0 Å². The molecule has 6 heteroatoms. The van der Waals surface area contributed by atoms with Crippen LogP contribution < -0.4 is 4.90 Å². The molecular weight excluding hydrogens is 238 g/mol. The van der Waals surface area contributed by atoms with Crippen LogP contribution in [0.3, 0.4) is 0 Å². The molecule has 94 valence electrons. The minimum Gasteiger partial charge on any atom is -0.350 e. The Bertz CT molecular complexity index is 553. The topological polar surface area (TPSA) is 44.8 Å². The van der Waals surface area contributed by atoms with E-state index in [1.165, 1.54) is 6.07 Å². The molecule has 0 atom stereocenters. The molecule has 3 rings (SSSR count). The lowest BCUT2D eigenvalue weighted by Crippen LogP contribution is -2.31. The van der Waals surface area contributed by atoms with Crippen LogP contribution in [0.15, 0.2) is 24.5 Å². The van der Waals surface area contributed by atoms with E-state index < -0.39 is 6.43 Å². The van der Waals surface area contributed by atoms with Crippen LogP contribution in [0, 0.1) is 0 Å². The Labute approximate surface area is 103 Å². The van der Waals surface area contributed by atoms with Gasteiger partial charge in [-0.25, -0.2) is 18.7 Å². The molecule has 0 fully saturated rings. The van der Waals surface area contributed by atoms with Crippen molar-refractivity contribution in [2.45, 2.75) is 19.4 Å². The number of hydrogen-bond donors (Lipinski definition) is 1. The summed E-state index contributed by atoms with van der Waals surface area (Å²) in [6.45, 7) is 1.38. The van der Waals surface area contributed by atoms with Crippen molar-refractivity contribution in [1.82, 2.24) is 15.0 Å². The summed E-state index contributed by atoms with van der Waals surface area (Å²) in [4.78, 5) is 13.2. The molecule has 0 unspecified atom stereocenters. The average Bonchev–Trinajstić information content (AvgIpc) is 2.86. The minimum absolute atomic E-state index is 0.178. The van der Waals surface area contributed by atoms with E-state index in [9.17, 15) is 8.78 Å². The van der Waals surface area contributed by atoms with Crippen molar-refractivity contribution in [1.29, 1.82) is 0 Å². The average molecular weight is 250 g/mol. The number of rotatable bonds is 2. The zero-order valence-corrected chi connectivity index (χ0v) is 9.61. The summed E-state index contributed by atoms with van der Waals surface area (Å²) in [5, 5.41) is 0. The van der Waals surface area contributed by atoms with Crippen LogP contribution in [-0.4, -0.2) is 21.5 Å². The fourth-order valence-electron chi connectivity index (χ4n) is 2.15. The van der Waals surface area contributed by atoms with E-state index >= 15 is 0 Å². The highest BCUT2D eigenvalue weighted by molar-refractivity contribution is 5.42. The molecule has 0 saturated heterocycles. The standard InChI is InChI=1S/C12H12F2N4/c13-12(14)9-2-1-3-11(17-9)18-5-4-8-10(6-18)16-7-15-8/h1-3,7,12H,4-6H2,(H,15,16). The molecule has 1 N–H and O–H groups in total. The van der Waals surface area contributed by atoms with Gasteiger partial charge in [0.15, 0.2) is 0 Å². The number of imidazole rings is 1. The Morgan fingerprint density at radius 2 is 2.22 bits per heavy atom. The zero-order chi connectivity index (χ0) is 12.5. The van der Waals surface area contributed by atoms with E-state index in [0.717, 1.165) is 24.4 Å². The van der Waals surface area contributed by atoms with Gasteiger partial charge < -0.3 is 9.88 Å². The molecule has 2 aromatic heterocycles. The normalized spacial score (nSPS) is 14.9. The van der Waals surface area contributed by atoms with Gasteiger partial charge in [0.05, 0.1) is 24.3 Å². The van der Waals surface area contributed by atoms with E-state index in [1.54, 1.807) is 18.5 Å². The number of aromatic nitrogens is 3. The molecule has 1 aliphatic heterocycles. The first-order valence-electron chi connectivity index (χ1n) is 5.75. The third-order valence-corrected chi connectivity index (χ3v) is 3.08. The first kappa shape index (κ1) is 11.1.